The Balaban J connectivity index is 3.07. The third-order valence-corrected chi connectivity index (χ3v) is 4.53. The monoisotopic (exact) mass is 349 g/mol. The SMILES string of the molecule is CCCOc1cc(S(=O)(=O)NC(C)(C)C)ccc1Br. The summed E-state index contributed by atoms with van der Waals surface area (Å²) in [5.74, 6) is 0.540. The molecule has 0 fully saturated rings. The van der Waals surface area contributed by atoms with Gasteiger partial charge in [0.25, 0.3) is 0 Å². The average molecular weight is 350 g/mol. The summed E-state index contributed by atoms with van der Waals surface area (Å²) in [6, 6.07) is 4.77. The van der Waals surface area contributed by atoms with Gasteiger partial charge in [-0.1, -0.05) is 6.92 Å². The minimum atomic E-state index is -3.53. The molecule has 1 aromatic carbocycles. The fourth-order valence-electron chi connectivity index (χ4n) is 1.44. The molecule has 108 valence electrons. The Labute approximate surface area is 123 Å². The van der Waals surface area contributed by atoms with Crippen molar-refractivity contribution in [2.45, 2.75) is 44.6 Å². The molecule has 0 spiro atoms. The summed E-state index contributed by atoms with van der Waals surface area (Å²) in [4.78, 5) is 0.205. The van der Waals surface area contributed by atoms with Crippen molar-refractivity contribution in [2.75, 3.05) is 6.61 Å². The van der Waals surface area contributed by atoms with Crippen LogP contribution in [0.1, 0.15) is 34.1 Å². The second-order valence-corrected chi connectivity index (χ2v) is 7.83. The maximum atomic E-state index is 12.2. The van der Waals surface area contributed by atoms with Gasteiger partial charge >= 0.3 is 0 Å². The molecule has 0 aromatic heterocycles. The zero-order valence-electron chi connectivity index (χ0n) is 11.7. The van der Waals surface area contributed by atoms with Crippen LogP contribution in [0.3, 0.4) is 0 Å². The first kappa shape index (κ1) is 16.5. The lowest BCUT2D eigenvalue weighted by molar-refractivity contribution is 0.314. The Bertz CT molecular complexity index is 535. The fourth-order valence-corrected chi connectivity index (χ4v) is 3.23. The van der Waals surface area contributed by atoms with Crippen LogP contribution in [-0.2, 0) is 10.0 Å². The molecule has 1 N–H and O–H groups in total. The van der Waals surface area contributed by atoms with Gasteiger partial charge in [-0.05, 0) is 55.3 Å². The van der Waals surface area contributed by atoms with Crippen LogP contribution in [0.2, 0.25) is 0 Å². The summed E-state index contributed by atoms with van der Waals surface area (Å²) in [6.07, 6.45) is 0.865. The normalized spacial score (nSPS) is 12.5. The van der Waals surface area contributed by atoms with Crippen LogP contribution in [0.5, 0.6) is 5.75 Å². The smallest absolute Gasteiger partial charge is 0.241 e. The maximum absolute atomic E-state index is 12.2. The van der Waals surface area contributed by atoms with E-state index in [-0.39, 0.29) is 4.90 Å². The summed E-state index contributed by atoms with van der Waals surface area (Å²) in [5, 5.41) is 0. The minimum absolute atomic E-state index is 0.205. The van der Waals surface area contributed by atoms with Crippen molar-refractivity contribution in [1.82, 2.24) is 4.72 Å². The third-order valence-electron chi connectivity index (χ3n) is 2.12. The van der Waals surface area contributed by atoms with Crippen molar-refractivity contribution in [2.24, 2.45) is 0 Å². The molecular formula is C13H20BrNO3S. The van der Waals surface area contributed by atoms with Crippen LogP contribution in [0.4, 0.5) is 0 Å². The summed E-state index contributed by atoms with van der Waals surface area (Å²) >= 11 is 3.35. The number of ether oxygens (including phenoxy) is 1. The molecule has 0 saturated heterocycles. The Morgan fingerprint density at radius 2 is 1.95 bits per heavy atom. The van der Waals surface area contributed by atoms with Crippen molar-refractivity contribution in [1.29, 1.82) is 0 Å². The maximum Gasteiger partial charge on any atom is 0.241 e. The van der Waals surface area contributed by atoms with Gasteiger partial charge in [-0.3, -0.25) is 0 Å². The van der Waals surface area contributed by atoms with Gasteiger partial charge in [0.05, 0.1) is 16.0 Å². The van der Waals surface area contributed by atoms with Gasteiger partial charge in [0, 0.05) is 11.6 Å². The second-order valence-electron chi connectivity index (χ2n) is 5.30. The molecule has 6 heteroatoms. The molecule has 0 bridgehead atoms. The average Bonchev–Trinajstić information content (AvgIpc) is 2.24. The molecular weight excluding hydrogens is 330 g/mol. The van der Waals surface area contributed by atoms with Crippen LogP contribution in [0, 0.1) is 0 Å². The van der Waals surface area contributed by atoms with E-state index in [0.29, 0.717) is 12.4 Å². The summed E-state index contributed by atoms with van der Waals surface area (Å²) in [6.45, 7) is 7.96. The molecule has 1 rings (SSSR count). The topological polar surface area (TPSA) is 55.4 Å². The van der Waals surface area contributed by atoms with Gasteiger partial charge in [-0.25, -0.2) is 13.1 Å². The molecule has 0 aliphatic rings. The Morgan fingerprint density at radius 1 is 1.32 bits per heavy atom. The van der Waals surface area contributed by atoms with Crippen LogP contribution in [0.15, 0.2) is 27.6 Å². The summed E-state index contributed by atoms with van der Waals surface area (Å²) in [5.41, 5.74) is -0.518. The van der Waals surface area contributed by atoms with E-state index in [0.717, 1.165) is 10.9 Å². The third kappa shape index (κ3) is 5.12. The number of hydrogen-bond acceptors (Lipinski definition) is 3. The molecule has 0 heterocycles. The van der Waals surface area contributed by atoms with E-state index in [1.54, 1.807) is 32.9 Å². The molecule has 0 aliphatic carbocycles. The Hall–Kier alpha value is -0.590. The Morgan fingerprint density at radius 3 is 2.47 bits per heavy atom. The van der Waals surface area contributed by atoms with Crippen LogP contribution in [0.25, 0.3) is 0 Å². The van der Waals surface area contributed by atoms with E-state index in [2.05, 4.69) is 20.7 Å². The first-order valence-electron chi connectivity index (χ1n) is 6.12. The van der Waals surface area contributed by atoms with Crippen molar-refractivity contribution in [3.63, 3.8) is 0 Å². The number of sulfonamides is 1. The highest BCUT2D eigenvalue weighted by molar-refractivity contribution is 9.10. The highest BCUT2D eigenvalue weighted by atomic mass is 79.9. The molecule has 4 nitrogen and oxygen atoms in total. The van der Waals surface area contributed by atoms with E-state index < -0.39 is 15.6 Å². The Kier molecular flexibility index (Phi) is 5.41. The van der Waals surface area contributed by atoms with E-state index in [9.17, 15) is 8.42 Å². The van der Waals surface area contributed by atoms with Crippen molar-refractivity contribution >= 4 is 26.0 Å². The standard InChI is InChI=1S/C13H20BrNO3S/c1-5-8-18-12-9-10(6-7-11(12)14)19(16,17)15-13(2,3)4/h6-7,9,15H,5,8H2,1-4H3. The predicted octanol–water partition coefficient (Wildman–Crippen LogP) is 3.31. The lowest BCUT2D eigenvalue weighted by Gasteiger charge is -2.20. The lowest BCUT2D eigenvalue weighted by Crippen LogP contribution is -2.40. The van der Waals surface area contributed by atoms with Gasteiger partial charge in [0.15, 0.2) is 0 Å². The van der Waals surface area contributed by atoms with E-state index in [1.807, 2.05) is 6.92 Å². The van der Waals surface area contributed by atoms with Gasteiger partial charge in [0.2, 0.25) is 10.0 Å². The first-order chi connectivity index (χ1) is 8.65. The lowest BCUT2D eigenvalue weighted by atomic mass is 10.1. The highest BCUT2D eigenvalue weighted by Crippen LogP contribution is 2.28. The van der Waals surface area contributed by atoms with E-state index in [1.165, 1.54) is 6.07 Å². The number of halogens is 1. The second kappa shape index (κ2) is 6.24. The minimum Gasteiger partial charge on any atom is -0.492 e. The van der Waals surface area contributed by atoms with Crippen LogP contribution < -0.4 is 9.46 Å². The molecule has 0 atom stereocenters. The molecule has 0 amide bonds. The molecule has 1 aromatic rings. The molecule has 0 radical (unpaired) electrons. The molecule has 0 saturated carbocycles. The number of rotatable bonds is 5. The van der Waals surface area contributed by atoms with Gasteiger partial charge in [-0.15, -0.1) is 0 Å². The quantitative estimate of drug-likeness (QED) is 0.886. The predicted molar refractivity (Wildman–Crippen MR) is 80.0 cm³/mol. The van der Waals surface area contributed by atoms with Crippen molar-refractivity contribution in [3.8, 4) is 5.75 Å². The van der Waals surface area contributed by atoms with Crippen LogP contribution >= 0.6 is 15.9 Å². The van der Waals surface area contributed by atoms with Crippen molar-refractivity contribution < 1.29 is 13.2 Å². The molecule has 19 heavy (non-hydrogen) atoms. The van der Waals surface area contributed by atoms with Gasteiger partial charge < -0.3 is 4.74 Å². The van der Waals surface area contributed by atoms with Crippen LogP contribution in [-0.4, -0.2) is 20.6 Å². The zero-order valence-corrected chi connectivity index (χ0v) is 14.1. The number of nitrogens with one attached hydrogen (secondary N) is 1. The molecule has 0 aliphatic heterocycles. The van der Waals surface area contributed by atoms with Gasteiger partial charge in [0.1, 0.15) is 5.75 Å². The zero-order chi connectivity index (χ0) is 14.7. The van der Waals surface area contributed by atoms with Gasteiger partial charge in [-0.2, -0.15) is 0 Å². The largest absolute Gasteiger partial charge is 0.492 e. The van der Waals surface area contributed by atoms with E-state index >= 15 is 0 Å². The summed E-state index contributed by atoms with van der Waals surface area (Å²) in [7, 11) is -3.53. The highest BCUT2D eigenvalue weighted by Gasteiger charge is 2.22. The van der Waals surface area contributed by atoms with E-state index in [4.69, 9.17) is 4.74 Å². The first-order valence-corrected chi connectivity index (χ1v) is 8.39. The van der Waals surface area contributed by atoms with Crippen molar-refractivity contribution in [3.05, 3.63) is 22.7 Å². The fraction of sp³-hybridized carbons (Fsp3) is 0.538. The number of hydrogen-bond donors (Lipinski definition) is 1. The summed E-state index contributed by atoms with van der Waals surface area (Å²) < 4.78 is 33.3. The molecule has 0 unspecified atom stereocenters. The number of benzene rings is 1.